The monoisotopic (exact) mass is 252 g/mol. The normalized spacial score (nSPS) is 18.6. The fourth-order valence-corrected chi connectivity index (χ4v) is 2.36. The summed E-state index contributed by atoms with van der Waals surface area (Å²) >= 11 is 6.10. The first-order valence-electron chi connectivity index (χ1n) is 6.17. The maximum Gasteiger partial charge on any atom is 0.328 e. The molecule has 2 nitrogen and oxygen atoms in total. The number of alkyl halides is 1. The smallest absolute Gasteiger partial charge is 0.328 e. The molecule has 3 heteroatoms. The summed E-state index contributed by atoms with van der Waals surface area (Å²) in [5, 5.41) is -0.682. The van der Waals surface area contributed by atoms with E-state index in [9.17, 15) is 4.79 Å². The molecule has 0 spiro atoms. The van der Waals surface area contributed by atoms with Gasteiger partial charge in [0, 0.05) is 0 Å². The molecule has 1 atom stereocenters. The Labute approximate surface area is 107 Å². The van der Waals surface area contributed by atoms with Crippen LogP contribution in [0.15, 0.2) is 30.3 Å². The fourth-order valence-electron chi connectivity index (χ4n) is 2.17. The summed E-state index contributed by atoms with van der Waals surface area (Å²) in [5.41, 5.74) is 0.801. The number of ether oxygens (including phenoxy) is 1. The molecule has 1 aromatic carbocycles. The second-order valence-electron chi connectivity index (χ2n) is 4.47. The molecule has 0 N–H and O–H groups in total. The highest BCUT2D eigenvalue weighted by molar-refractivity contribution is 6.29. The summed E-state index contributed by atoms with van der Waals surface area (Å²) in [7, 11) is 0. The van der Waals surface area contributed by atoms with E-state index < -0.39 is 5.38 Å². The zero-order valence-corrected chi connectivity index (χ0v) is 10.5. The topological polar surface area (TPSA) is 26.3 Å². The van der Waals surface area contributed by atoms with E-state index in [-0.39, 0.29) is 12.1 Å². The number of esters is 1. The van der Waals surface area contributed by atoms with Crippen molar-refractivity contribution >= 4 is 17.6 Å². The van der Waals surface area contributed by atoms with Crippen LogP contribution in [0.1, 0.15) is 43.0 Å². The van der Waals surface area contributed by atoms with E-state index in [2.05, 4.69) is 0 Å². The third-order valence-electron chi connectivity index (χ3n) is 3.13. The number of hydrogen-bond donors (Lipinski definition) is 0. The van der Waals surface area contributed by atoms with Crippen molar-refractivity contribution in [3.8, 4) is 0 Å². The molecule has 1 aliphatic rings. The highest BCUT2D eigenvalue weighted by atomic mass is 35.5. The SMILES string of the molecule is O=C(OC1CCCCC1)C(Cl)c1ccccc1. The van der Waals surface area contributed by atoms with Crippen molar-refractivity contribution in [2.24, 2.45) is 0 Å². The lowest BCUT2D eigenvalue weighted by Crippen LogP contribution is -2.23. The lowest BCUT2D eigenvalue weighted by molar-refractivity contribution is -0.150. The molecule has 1 saturated carbocycles. The van der Waals surface area contributed by atoms with Crippen LogP contribution in [-0.2, 0) is 9.53 Å². The summed E-state index contributed by atoms with van der Waals surface area (Å²) in [6.45, 7) is 0. The van der Waals surface area contributed by atoms with Gasteiger partial charge in [-0.2, -0.15) is 0 Å². The van der Waals surface area contributed by atoms with Crippen molar-refractivity contribution in [1.82, 2.24) is 0 Å². The zero-order chi connectivity index (χ0) is 12.1. The Kier molecular flexibility index (Phi) is 4.43. The minimum Gasteiger partial charge on any atom is -0.461 e. The van der Waals surface area contributed by atoms with Gasteiger partial charge < -0.3 is 4.74 Å². The zero-order valence-electron chi connectivity index (χ0n) is 9.77. The van der Waals surface area contributed by atoms with Crippen molar-refractivity contribution in [2.75, 3.05) is 0 Å². The quantitative estimate of drug-likeness (QED) is 0.604. The maximum absolute atomic E-state index is 11.9. The number of rotatable bonds is 3. The van der Waals surface area contributed by atoms with Gasteiger partial charge in [0.1, 0.15) is 6.10 Å². The molecule has 1 fully saturated rings. The number of hydrogen-bond acceptors (Lipinski definition) is 2. The molecule has 1 aliphatic carbocycles. The standard InChI is InChI=1S/C14H17ClO2/c15-13(11-7-3-1-4-8-11)14(16)17-12-9-5-2-6-10-12/h1,3-4,7-8,12-13H,2,5-6,9-10H2. The lowest BCUT2D eigenvalue weighted by Gasteiger charge is -2.23. The van der Waals surface area contributed by atoms with E-state index in [4.69, 9.17) is 16.3 Å². The summed E-state index contributed by atoms with van der Waals surface area (Å²) in [5.74, 6) is -0.315. The van der Waals surface area contributed by atoms with Gasteiger partial charge in [0.25, 0.3) is 0 Å². The molecule has 0 aromatic heterocycles. The van der Waals surface area contributed by atoms with E-state index in [1.165, 1.54) is 6.42 Å². The van der Waals surface area contributed by atoms with Gasteiger partial charge in [0.05, 0.1) is 0 Å². The van der Waals surface area contributed by atoms with Gasteiger partial charge in [-0.05, 0) is 31.2 Å². The van der Waals surface area contributed by atoms with Crippen LogP contribution in [0.4, 0.5) is 0 Å². The van der Waals surface area contributed by atoms with E-state index >= 15 is 0 Å². The van der Waals surface area contributed by atoms with E-state index in [1.807, 2.05) is 30.3 Å². The molecule has 0 bridgehead atoms. The molecule has 1 aromatic rings. The van der Waals surface area contributed by atoms with Crippen LogP contribution in [0, 0.1) is 0 Å². The highest BCUT2D eigenvalue weighted by Crippen LogP contribution is 2.26. The van der Waals surface area contributed by atoms with Crippen molar-refractivity contribution in [3.63, 3.8) is 0 Å². The molecule has 1 unspecified atom stereocenters. The molecule has 0 radical (unpaired) electrons. The second kappa shape index (κ2) is 6.06. The molecule has 0 heterocycles. The van der Waals surface area contributed by atoms with Crippen LogP contribution in [-0.4, -0.2) is 12.1 Å². The average molecular weight is 253 g/mol. The Bertz CT molecular complexity index is 358. The Morgan fingerprint density at radius 2 is 1.82 bits per heavy atom. The third-order valence-corrected chi connectivity index (χ3v) is 3.56. The number of benzene rings is 1. The third kappa shape index (κ3) is 3.47. The molecule has 0 aliphatic heterocycles. The molecular formula is C14H17ClO2. The fraction of sp³-hybridized carbons (Fsp3) is 0.500. The Hall–Kier alpha value is -1.02. The molecule has 17 heavy (non-hydrogen) atoms. The van der Waals surface area contributed by atoms with Crippen LogP contribution >= 0.6 is 11.6 Å². The van der Waals surface area contributed by atoms with Crippen LogP contribution in [0.3, 0.4) is 0 Å². The van der Waals surface area contributed by atoms with Crippen LogP contribution in [0.2, 0.25) is 0 Å². The average Bonchev–Trinajstić information content (AvgIpc) is 2.40. The largest absolute Gasteiger partial charge is 0.461 e. The lowest BCUT2D eigenvalue weighted by atomic mass is 9.98. The van der Waals surface area contributed by atoms with E-state index in [0.717, 1.165) is 31.2 Å². The van der Waals surface area contributed by atoms with Crippen LogP contribution in [0.5, 0.6) is 0 Å². The Morgan fingerprint density at radius 3 is 2.47 bits per heavy atom. The van der Waals surface area contributed by atoms with Gasteiger partial charge in [-0.1, -0.05) is 36.8 Å². The first-order valence-corrected chi connectivity index (χ1v) is 6.60. The summed E-state index contributed by atoms with van der Waals surface area (Å²) < 4.78 is 5.44. The summed E-state index contributed by atoms with van der Waals surface area (Å²) in [4.78, 5) is 11.9. The minimum atomic E-state index is -0.682. The molecule has 0 saturated heterocycles. The Balaban J connectivity index is 1.91. The number of halogens is 1. The molecular weight excluding hydrogens is 236 g/mol. The summed E-state index contributed by atoms with van der Waals surface area (Å²) in [6, 6.07) is 9.34. The number of carbonyl (C=O) groups excluding carboxylic acids is 1. The summed E-state index contributed by atoms with van der Waals surface area (Å²) in [6.07, 6.45) is 5.57. The van der Waals surface area contributed by atoms with Crippen molar-refractivity contribution in [1.29, 1.82) is 0 Å². The molecule has 0 amide bonds. The number of carbonyl (C=O) groups is 1. The second-order valence-corrected chi connectivity index (χ2v) is 4.91. The minimum absolute atomic E-state index is 0.0706. The first-order chi connectivity index (χ1) is 8.27. The van der Waals surface area contributed by atoms with Crippen LogP contribution in [0.25, 0.3) is 0 Å². The first kappa shape index (κ1) is 12.4. The van der Waals surface area contributed by atoms with Gasteiger partial charge >= 0.3 is 5.97 Å². The predicted octanol–water partition coefficient (Wildman–Crippen LogP) is 3.84. The van der Waals surface area contributed by atoms with Gasteiger partial charge in [0.15, 0.2) is 5.38 Å². The van der Waals surface area contributed by atoms with Gasteiger partial charge in [-0.25, -0.2) is 0 Å². The van der Waals surface area contributed by atoms with E-state index in [1.54, 1.807) is 0 Å². The van der Waals surface area contributed by atoms with Gasteiger partial charge in [-0.15, -0.1) is 11.6 Å². The van der Waals surface area contributed by atoms with Crippen molar-refractivity contribution in [3.05, 3.63) is 35.9 Å². The van der Waals surface area contributed by atoms with Gasteiger partial charge in [-0.3, -0.25) is 4.79 Å². The molecule has 92 valence electrons. The Morgan fingerprint density at radius 1 is 1.18 bits per heavy atom. The van der Waals surface area contributed by atoms with E-state index in [0.29, 0.717) is 0 Å². The maximum atomic E-state index is 11.9. The van der Waals surface area contributed by atoms with Gasteiger partial charge in [0.2, 0.25) is 0 Å². The highest BCUT2D eigenvalue weighted by Gasteiger charge is 2.24. The van der Waals surface area contributed by atoms with Crippen molar-refractivity contribution in [2.45, 2.75) is 43.6 Å². The predicted molar refractivity (Wildman–Crippen MR) is 68.0 cm³/mol. The van der Waals surface area contributed by atoms with Crippen LogP contribution < -0.4 is 0 Å². The molecule has 2 rings (SSSR count). The van der Waals surface area contributed by atoms with Crippen molar-refractivity contribution < 1.29 is 9.53 Å².